The number of sulfonamides is 1. The van der Waals surface area contributed by atoms with E-state index in [0.717, 1.165) is 23.6 Å². The van der Waals surface area contributed by atoms with Crippen molar-refractivity contribution in [3.8, 4) is 0 Å². The van der Waals surface area contributed by atoms with Gasteiger partial charge in [-0.1, -0.05) is 6.42 Å². The van der Waals surface area contributed by atoms with Crippen LogP contribution in [0.5, 0.6) is 0 Å². The van der Waals surface area contributed by atoms with E-state index in [4.69, 9.17) is 5.73 Å². The van der Waals surface area contributed by atoms with Crippen molar-refractivity contribution >= 4 is 34.2 Å². The van der Waals surface area contributed by atoms with Gasteiger partial charge in [0, 0.05) is 17.6 Å². The fourth-order valence-corrected chi connectivity index (χ4v) is 5.45. The summed E-state index contributed by atoms with van der Waals surface area (Å²) in [5, 5.41) is 2.95. The molecule has 1 aromatic carbocycles. The summed E-state index contributed by atoms with van der Waals surface area (Å²) < 4.78 is 26.1. The number of carbonyl (C=O) groups is 2. The van der Waals surface area contributed by atoms with Gasteiger partial charge >= 0.3 is 0 Å². The number of hydrogen-bond acceptors (Lipinski definition) is 5. The van der Waals surface area contributed by atoms with Crippen LogP contribution in [-0.2, 0) is 10.0 Å². The van der Waals surface area contributed by atoms with E-state index in [2.05, 4.69) is 5.32 Å². The van der Waals surface area contributed by atoms with Crippen molar-refractivity contribution in [1.29, 1.82) is 0 Å². The van der Waals surface area contributed by atoms with Crippen LogP contribution < -0.4 is 11.1 Å². The third-order valence-corrected chi connectivity index (χ3v) is 6.96. The van der Waals surface area contributed by atoms with Gasteiger partial charge in [-0.15, -0.1) is 12.4 Å². The minimum Gasteiger partial charge on any atom is -0.349 e. The molecule has 0 bridgehead atoms. The number of nitrogens with two attached hydrogens (primary N) is 1. The van der Waals surface area contributed by atoms with Gasteiger partial charge in [-0.05, 0) is 57.4 Å². The molecule has 7 nitrogen and oxygen atoms in total. The summed E-state index contributed by atoms with van der Waals surface area (Å²) in [6.45, 7) is 3.80. The van der Waals surface area contributed by atoms with Gasteiger partial charge in [0.05, 0.1) is 5.56 Å². The Morgan fingerprint density at radius 2 is 2.04 bits per heavy atom. The third kappa shape index (κ3) is 3.33. The molecule has 0 saturated heterocycles. The summed E-state index contributed by atoms with van der Waals surface area (Å²) >= 11 is 0. The molecule has 1 aromatic rings. The second-order valence-corrected chi connectivity index (χ2v) is 8.70. The van der Waals surface area contributed by atoms with E-state index >= 15 is 0 Å². The quantitative estimate of drug-likeness (QED) is 0.794. The standard InChI is InChI=1S/C17H23N3O4S.ClH/c1-10(2)20-17(22)13-7-6-11(8-15(13)25(20,23)24)16(21)19-14-5-3-4-12(14)9-18;/h6-8,10,12,14H,3-5,9,18H2,1-2H3,(H,19,21);1H. The van der Waals surface area contributed by atoms with Crippen LogP contribution in [0.2, 0.25) is 0 Å². The molecule has 1 fully saturated rings. The molecular formula is C17H24ClN3O4S. The summed E-state index contributed by atoms with van der Waals surface area (Å²) in [7, 11) is -3.91. The zero-order chi connectivity index (χ0) is 18.4. The number of halogens is 1. The lowest BCUT2D eigenvalue weighted by Crippen LogP contribution is -2.39. The van der Waals surface area contributed by atoms with Gasteiger partial charge in [0.25, 0.3) is 21.8 Å². The Morgan fingerprint density at radius 1 is 1.35 bits per heavy atom. The Labute approximate surface area is 159 Å². The third-order valence-electron chi connectivity index (χ3n) is 4.96. The number of amides is 2. The first-order chi connectivity index (χ1) is 11.8. The normalized spacial score (nSPS) is 23.7. The minimum atomic E-state index is -3.91. The predicted molar refractivity (Wildman–Crippen MR) is 99.8 cm³/mol. The molecule has 2 aliphatic rings. The molecule has 9 heteroatoms. The summed E-state index contributed by atoms with van der Waals surface area (Å²) in [5.74, 6) is -0.630. The van der Waals surface area contributed by atoms with E-state index in [9.17, 15) is 18.0 Å². The van der Waals surface area contributed by atoms with Crippen molar-refractivity contribution in [2.45, 2.75) is 50.1 Å². The number of benzene rings is 1. The molecule has 0 radical (unpaired) electrons. The second kappa shape index (κ2) is 7.54. The highest BCUT2D eigenvalue weighted by molar-refractivity contribution is 7.90. The van der Waals surface area contributed by atoms with E-state index in [1.54, 1.807) is 13.8 Å². The molecule has 0 aromatic heterocycles. The Morgan fingerprint density at radius 3 is 2.65 bits per heavy atom. The lowest BCUT2D eigenvalue weighted by Gasteiger charge is -2.19. The molecule has 2 amide bonds. The van der Waals surface area contributed by atoms with Crippen LogP contribution in [0.1, 0.15) is 53.8 Å². The Bertz CT molecular complexity index is 825. The van der Waals surface area contributed by atoms with Crippen molar-refractivity contribution in [2.75, 3.05) is 6.54 Å². The van der Waals surface area contributed by atoms with Crippen LogP contribution >= 0.6 is 12.4 Å². The fraction of sp³-hybridized carbons (Fsp3) is 0.529. The molecule has 1 aliphatic carbocycles. The van der Waals surface area contributed by atoms with Gasteiger partial charge in [0.2, 0.25) is 0 Å². The molecule has 1 aliphatic heterocycles. The summed E-state index contributed by atoms with van der Waals surface area (Å²) in [6, 6.07) is 3.74. The van der Waals surface area contributed by atoms with E-state index in [-0.39, 0.29) is 46.3 Å². The lowest BCUT2D eigenvalue weighted by atomic mass is 10.0. The van der Waals surface area contributed by atoms with Crippen molar-refractivity contribution in [3.63, 3.8) is 0 Å². The number of hydrogen-bond donors (Lipinski definition) is 2. The van der Waals surface area contributed by atoms with Gasteiger partial charge in [-0.25, -0.2) is 12.7 Å². The molecule has 3 rings (SSSR count). The van der Waals surface area contributed by atoms with Crippen molar-refractivity contribution in [3.05, 3.63) is 29.3 Å². The highest BCUT2D eigenvalue weighted by Crippen LogP contribution is 2.33. The van der Waals surface area contributed by atoms with Gasteiger partial charge in [0.15, 0.2) is 0 Å². The van der Waals surface area contributed by atoms with Crippen LogP contribution in [0.3, 0.4) is 0 Å². The monoisotopic (exact) mass is 401 g/mol. The maximum Gasteiger partial charge on any atom is 0.269 e. The molecule has 2 unspecified atom stereocenters. The molecule has 1 saturated carbocycles. The van der Waals surface area contributed by atoms with E-state index < -0.39 is 22.0 Å². The van der Waals surface area contributed by atoms with Gasteiger partial charge in [0.1, 0.15) is 4.90 Å². The topological polar surface area (TPSA) is 110 Å². The summed E-state index contributed by atoms with van der Waals surface area (Å²) in [5.41, 5.74) is 6.09. The van der Waals surface area contributed by atoms with E-state index in [0.29, 0.717) is 6.54 Å². The maximum absolute atomic E-state index is 12.6. The number of carbonyl (C=O) groups excluding carboxylic acids is 2. The van der Waals surface area contributed by atoms with Crippen LogP contribution in [0, 0.1) is 5.92 Å². The first-order valence-electron chi connectivity index (χ1n) is 8.51. The molecule has 0 spiro atoms. The van der Waals surface area contributed by atoms with Crippen molar-refractivity contribution in [1.82, 2.24) is 9.62 Å². The van der Waals surface area contributed by atoms with Gasteiger partial charge < -0.3 is 11.1 Å². The molecule has 144 valence electrons. The van der Waals surface area contributed by atoms with Crippen LogP contribution in [-0.4, -0.2) is 43.2 Å². The molecule has 1 heterocycles. The Hall–Kier alpha value is -1.64. The molecular weight excluding hydrogens is 378 g/mol. The smallest absolute Gasteiger partial charge is 0.269 e. The zero-order valence-electron chi connectivity index (χ0n) is 14.8. The summed E-state index contributed by atoms with van der Waals surface area (Å²) in [4.78, 5) is 24.8. The Balaban J connectivity index is 0.00000243. The number of nitrogens with zero attached hydrogens (tertiary/aromatic N) is 1. The minimum absolute atomic E-state index is 0. The second-order valence-electron chi connectivity index (χ2n) is 6.92. The largest absolute Gasteiger partial charge is 0.349 e. The van der Waals surface area contributed by atoms with Crippen molar-refractivity contribution in [2.24, 2.45) is 11.7 Å². The number of fused-ring (bicyclic) bond motifs is 1. The number of nitrogens with one attached hydrogen (secondary N) is 1. The van der Waals surface area contributed by atoms with E-state index in [1.165, 1.54) is 18.2 Å². The maximum atomic E-state index is 12.6. The van der Waals surface area contributed by atoms with Crippen LogP contribution in [0.25, 0.3) is 0 Å². The fourth-order valence-electron chi connectivity index (χ4n) is 3.66. The summed E-state index contributed by atoms with van der Waals surface area (Å²) in [6.07, 6.45) is 2.87. The Kier molecular flexibility index (Phi) is 5.99. The van der Waals surface area contributed by atoms with E-state index in [1.807, 2.05) is 0 Å². The van der Waals surface area contributed by atoms with Gasteiger partial charge in [-0.3, -0.25) is 9.59 Å². The highest BCUT2D eigenvalue weighted by atomic mass is 35.5. The SMILES string of the molecule is CC(C)N1C(=O)c2ccc(C(=O)NC3CCCC3CN)cc2S1(=O)=O.Cl. The first kappa shape index (κ1) is 20.7. The highest BCUT2D eigenvalue weighted by Gasteiger charge is 2.43. The molecule has 26 heavy (non-hydrogen) atoms. The van der Waals surface area contributed by atoms with Gasteiger partial charge in [-0.2, -0.15) is 0 Å². The average molecular weight is 402 g/mol. The molecule has 2 atom stereocenters. The lowest BCUT2D eigenvalue weighted by molar-refractivity contribution is 0.0845. The zero-order valence-corrected chi connectivity index (χ0v) is 16.4. The first-order valence-corrected chi connectivity index (χ1v) is 9.95. The molecule has 3 N–H and O–H groups in total. The van der Waals surface area contributed by atoms with Crippen LogP contribution in [0.15, 0.2) is 23.1 Å². The predicted octanol–water partition coefficient (Wildman–Crippen LogP) is 1.52. The number of rotatable bonds is 4. The van der Waals surface area contributed by atoms with Crippen LogP contribution in [0.4, 0.5) is 0 Å². The van der Waals surface area contributed by atoms with Crippen molar-refractivity contribution < 1.29 is 18.0 Å². The average Bonchev–Trinajstić information content (AvgIpc) is 3.07.